The van der Waals surface area contributed by atoms with Gasteiger partial charge in [-0.3, -0.25) is 10.7 Å². The summed E-state index contributed by atoms with van der Waals surface area (Å²) in [6.45, 7) is 0. The number of hydrogen-bond acceptors (Lipinski definition) is 4. The van der Waals surface area contributed by atoms with E-state index in [1.165, 1.54) is 6.07 Å². The largest absolute Gasteiger partial charge is 0.291 e. The summed E-state index contributed by atoms with van der Waals surface area (Å²) in [4.78, 5) is 10.4. The lowest BCUT2D eigenvalue weighted by Crippen LogP contribution is -1.90. The Morgan fingerprint density at radius 2 is 1.61 bits per heavy atom. The molecular weight excluding hydrogens is 275 g/mol. The lowest BCUT2D eigenvalue weighted by Gasteiger charge is -2.07. The number of halogens is 2. The minimum Gasteiger partial charge on any atom is -0.291 e. The van der Waals surface area contributed by atoms with Crippen LogP contribution in [0, 0.1) is 4.91 Å². The van der Waals surface area contributed by atoms with Crippen LogP contribution in [0.3, 0.4) is 0 Å². The molecule has 18 heavy (non-hydrogen) atoms. The molecule has 2 aromatic carbocycles. The summed E-state index contributed by atoms with van der Waals surface area (Å²) in [5, 5.41) is 12.2. The van der Waals surface area contributed by atoms with E-state index in [0.29, 0.717) is 10.7 Å². The van der Waals surface area contributed by atoms with Crippen LogP contribution < -0.4 is 5.48 Å². The van der Waals surface area contributed by atoms with E-state index in [-0.39, 0.29) is 10.7 Å². The van der Waals surface area contributed by atoms with E-state index in [1.54, 1.807) is 30.3 Å². The molecule has 0 unspecified atom stereocenters. The number of benzene rings is 2. The second kappa shape index (κ2) is 5.35. The van der Waals surface area contributed by atoms with Crippen LogP contribution in [0.25, 0.3) is 11.1 Å². The number of nitrogens with zero attached hydrogens (tertiary/aromatic N) is 1. The number of anilines is 1. The third-order valence-corrected chi connectivity index (χ3v) is 3.08. The summed E-state index contributed by atoms with van der Waals surface area (Å²) < 4.78 is 0. The minimum atomic E-state index is 0.195. The van der Waals surface area contributed by atoms with Crippen LogP contribution in [0.15, 0.2) is 41.6 Å². The van der Waals surface area contributed by atoms with Gasteiger partial charge in [-0.1, -0.05) is 35.3 Å². The zero-order valence-electron chi connectivity index (χ0n) is 9.02. The van der Waals surface area contributed by atoms with Crippen LogP contribution in [0.4, 0.5) is 11.4 Å². The monoisotopic (exact) mass is 282 g/mol. The van der Waals surface area contributed by atoms with Crippen molar-refractivity contribution in [1.82, 2.24) is 0 Å². The van der Waals surface area contributed by atoms with Gasteiger partial charge in [0.15, 0.2) is 0 Å². The molecule has 0 fully saturated rings. The third-order valence-electron chi connectivity index (χ3n) is 2.47. The fourth-order valence-corrected chi connectivity index (χ4v) is 1.98. The highest BCUT2D eigenvalue weighted by molar-refractivity contribution is 6.34. The molecule has 0 aliphatic carbocycles. The highest BCUT2D eigenvalue weighted by Gasteiger charge is 2.06. The quantitative estimate of drug-likeness (QED) is 0.624. The van der Waals surface area contributed by atoms with E-state index >= 15 is 0 Å². The van der Waals surface area contributed by atoms with Crippen LogP contribution in [-0.4, -0.2) is 5.21 Å². The smallest absolute Gasteiger partial charge is 0.126 e. The fourth-order valence-electron chi connectivity index (χ4n) is 1.55. The molecule has 0 bridgehead atoms. The van der Waals surface area contributed by atoms with Crippen LogP contribution in [0.5, 0.6) is 0 Å². The van der Waals surface area contributed by atoms with Crippen molar-refractivity contribution < 1.29 is 5.21 Å². The molecule has 4 nitrogen and oxygen atoms in total. The van der Waals surface area contributed by atoms with Crippen molar-refractivity contribution in [3.05, 3.63) is 51.4 Å². The van der Waals surface area contributed by atoms with Crippen LogP contribution >= 0.6 is 23.2 Å². The van der Waals surface area contributed by atoms with Gasteiger partial charge in [-0.25, -0.2) is 0 Å². The second-order valence-electron chi connectivity index (χ2n) is 3.56. The lowest BCUT2D eigenvalue weighted by atomic mass is 10.1. The van der Waals surface area contributed by atoms with E-state index < -0.39 is 0 Å². The summed E-state index contributed by atoms with van der Waals surface area (Å²) in [6, 6.07) is 9.98. The average Bonchev–Trinajstić information content (AvgIpc) is 2.38. The van der Waals surface area contributed by atoms with Crippen molar-refractivity contribution >= 4 is 34.6 Å². The molecule has 0 radical (unpaired) electrons. The van der Waals surface area contributed by atoms with E-state index in [9.17, 15) is 4.91 Å². The zero-order valence-corrected chi connectivity index (χ0v) is 10.5. The number of rotatable bonds is 3. The molecule has 0 spiro atoms. The SMILES string of the molecule is O=Nc1ccc(-c2ccc(NO)c(Cl)c2)cc1Cl. The Kier molecular flexibility index (Phi) is 3.81. The zero-order chi connectivity index (χ0) is 13.1. The van der Waals surface area contributed by atoms with Crippen LogP contribution in [0.1, 0.15) is 0 Å². The normalized spacial score (nSPS) is 10.2. The van der Waals surface area contributed by atoms with E-state index in [1.807, 2.05) is 5.48 Å². The Bertz CT molecular complexity index is 603. The van der Waals surface area contributed by atoms with Gasteiger partial charge in [0.2, 0.25) is 0 Å². The van der Waals surface area contributed by atoms with Gasteiger partial charge < -0.3 is 0 Å². The summed E-state index contributed by atoms with van der Waals surface area (Å²) in [6.07, 6.45) is 0. The predicted octanol–water partition coefficient (Wildman–Crippen LogP) is 4.86. The van der Waals surface area contributed by atoms with Gasteiger partial charge in [-0.05, 0) is 40.6 Å². The first-order valence-corrected chi connectivity index (χ1v) is 5.74. The highest BCUT2D eigenvalue weighted by atomic mass is 35.5. The van der Waals surface area contributed by atoms with E-state index in [2.05, 4.69) is 5.18 Å². The minimum absolute atomic E-state index is 0.195. The number of hydrogen-bond donors (Lipinski definition) is 2. The second-order valence-corrected chi connectivity index (χ2v) is 4.38. The molecule has 0 saturated heterocycles. The maximum Gasteiger partial charge on any atom is 0.126 e. The van der Waals surface area contributed by atoms with Crippen molar-refractivity contribution in [3.8, 4) is 11.1 Å². The Morgan fingerprint density at radius 1 is 1.00 bits per heavy atom. The van der Waals surface area contributed by atoms with Gasteiger partial charge >= 0.3 is 0 Å². The molecule has 92 valence electrons. The standard InChI is InChI=1S/C12H8Cl2N2O2/c13-9-5-7(1-3-11(9)15-17)8-2-4-12(16-18)10(14)6-8/h1-6,15,17H. The highest BCUT2D eigenvalue weighted by Crippen LogP contribution is 2.33. The third kappa shape index (κ3) is 2.46. The molecule has 0 saturated carbocycles. The van der Waals surface area contributed by atoms with Crippen LogP contribution in [-0.2, 0) is 0 Å². The number of nitrogens with one attached hydrogen (secondary N) is 1. The molecule has 2 aromatic rings. The van der Waals surface area contributed by atoms with Crippen LogP contribution in [0.2, 0.25) is 10.0 Å². The predicted molar refractivity (Wildman–Crippen MR) is 72.8 cm³/mol. The Hall–Kier alpha value is -1.62. The maximum atomic E-state index is 10.4. The molecule has 0 aliphatic heterocycles. The van der Waals surface area contributed by atoms with E-state index in [4.69, 9.17) is 28.4 Å². The summed E-state index contributed by atoms with van der Waals surface area (Å²) in [5.41, 5.74) is 4.22. The molecule has 0 heterocycles. The summed E-state index contributed by atoms with van der Waals surface area (Å²) in [5.74, 6) is 0. The van der Waals surface area contributed by atoms with E-state index in [0.717, 1.165) is 11.1 Å². The molecule has 2 rings (SSSR count). The molecule has 0 atom stereocenters. The van der Waals surface area contributed by atoms with Crippen molar-refractivity contribution in [2.45, 2.75) is 0 Å². The first kappa shape index (κ1) is 12.8. The summed E-state index contributed by atoms with van der Waals surface area (Å²) >= 11 is 11.9. The van der Waals surface area contributed by atoms with Gasteiger partial charge in [-0.15, -0.1) is 4.91 Å². The van der Waals surface area contributed by atoms with Crippen molar-refractivity contribution in [2.24, 2.45) is 5.18 Å². The van der Waals surface area contributed by atoms with Crippen molar-refractivity contribution in [1.29, 1.82) is 0 Å². The molecular formula is C12H8Cl2N2O2. The van der Waals surface area contributed by atoms with Gasteiger partial charge in [0.1, 0.15) is 5.69 Å². The average molecular weight is 283 g/mol. The molecule has 0 aromatic heterocycles. The Morgan fingerprint density at radius 3 is 2.11 bits per heavy atom. The van der Waals surface area contributed by atoms with Gasteiger partial charge in [-0.2, -0.15) is 0 Å². The first-order chi connectivity index (χ1) is 8.65. The van der Waals surface area contributed by atoms with Crippen molar-refractivity contribution in [2.75, 3.05) is 5.48 Å². The maximum absolute atomic E-state index is 10.4. The molecule has 6 heteroatoms. The Labute approximate surface area is 113 Å². The molecule has 0 amide bonds. The van der Waals surface area contributed by atoms with Gasteiger partial charge in [0.25, 0.3) is 0 Å². The van der Waals surface area contributed by atoms with Gasteiger partial charge in [0.05, 0.1) is 15.7 Å². The number of nitroso groups, excluding NO2 is 1. The Balaban J connectivity index is 2.45. The molecule has 0 aliphatic rings. The topological polar surface area (TPSA) is 61.7 Å². The van der Waals surface area contributed by atoms with Crippen molar-refractivity contribution in [3.63, 3.8) is 0 Å². The summed E-state index contributed by atoms with van der Waals surface area (Å²) in [7, 11) is 0. The lowest BCUT2D eigenvalue weighted by molar-refractivity contribution is 0.389. The first-order valence-electron chi connectivity index (χ1n) is 4.98. The molecule has 2 N–H and O–H groups in total. The van der Waals surface area contributed by atoms with Gasteiger partial charge in [0, 0.05) is 0 Å². The fraction of sp³-hybridized carbons (Fsp3) is 0.